The third-order valence-electron chi connectivity index (χ3n) is 5.16. The van der Waals surface area contributed by atoms with Gasteiger partial charge in [-0.3, -0.25) is 4.79 Å². The van der Waals surface area contributed by atoms with E-state index >= 15 is 0 Å². The average Bonchev–Trinajstić information content (AvgIpc) is 3.16. The van der Waals surface area contributed by atoms with Crippen molar-refractivity contribution in [1.29, 1.82) is 0 Å². The fourth-order valence-corrected chi connectivity index (χ4v) is 3.64. The van der Waals surface area contributed by atoms with Crippen LogP contribution in [0.1, 0.15) is 44.6 Å². The van der Waals surface area contributed by atoms with Crippen LogP contribution >= 0.6 is 12.4 Å². The molecule has 1 aromatic carbocycles. The number of hydrogen-bond donors (Lipinski definition) is 2. The van der Waals surface area contributed by atoms with E-state index in [-0.39, 0.29) is 29.8 Å². The van der Waals surface area contributed by atoms with Gasteiger partial charge in [0.15, 0.2) is 0 Å². The van der Waals surface area contributed by atoms with E-state index in [0.717, 1.165) is 38.5 Å². The van der Waals surface area contributed by atoms with Gasteiger partial charge in [0.25, 0.3) is 0 Å². The molecule has 2 fully saturated rings. The molecular formula is C18H27ClN2O. The number of nitrogens with one attached hydrogen (secondary N) is 1. The number of carbonyl (C=O) groups is 1. The summed E-state index contributed by atoms with van der Waals surface area (Å²) in [5.41, 5.74) is 7.35. The highest BCUT2D eigenvalue weighted by Gasteiger charge is 2.43. The van der Waals surface area contributed by atoms with Crippen molar-refractivity contribution in [3.8, 4) is 0 Å². The van der Waals surface area contributed by atoms with Crippen molar-refractivity contribution in [2.24, 2.45) is 17.6 Å². The normalized spacial score (nSPS) is 33.6. The molecule has 0 saturated heterocycles. The number of halogens is 1. The van der Waals surface area contributed by atoms with E-state index in [9.17, 15) is 4.79 Å². The summed E-state index contributed by atoms with van der Waals surface area (Å²) in [4.78, 5) is 12.5. The van der Waals surface area contributed by atoms with Crippen LogP contribution < -0.4 is 11.1 Å². The van der Waals surface area contributed by atoms with Crippen molar-refractivity contribution < 1.29 is 4.79 Å². The fraction of sp³-hybridized carbons (Fsp3) is 0.611. The molecule has 3 nitrogen and oxygen atoms in total. The predicted molar refractivity (Wildman–Crippen MR) is 92.0 cm³/mol. The lowest BCUT2D eigenvalue weighted by Gasteiger charge is -2.37. The van der Waals surface area contributed by atoms with Gasteiger partial charge in [-0.1, -0.05) is 43.2 Å². The van der Waals surface area contributed by atoms with Crippen molar-refractivity contribution in [3.63, 3.8) is 0 Å². The molecule has 4 atom stereocenters. The van der Waals surface area contributed by atoms with Gasteiger partial charge in [-0.25, -0.2) is 0 Å². The van der Waals surface area contributed by atoms with E-state index in [2.05, 4.69) is 29.6 Å². The molecule has 4 unspecified atom stereocenters. The molecule has 3 N–H and O–H groups in total. The SMILES string of the molecule is CC1(N)CCCCC1C(=O)NC1CC1Cc1ccccc1.Cl. The van der Waals surface area contributed by atoms with Crippen LogP contribution in [0.25, 0.3) is 0 Å². The van der Waals surface area contributed by atoms with Crippen LogP contribution in [0.4, 0.5) is 0 Å². The molecule has 0 bridgehead atoms. The second-order valence-corrected chi connectivity index (χ2v) is 7.10. The minimum atomic E-state index is -0.327. The first-order valence-electron chi connectivity index (χ1n) is 8.19. The summed E-state index contributed by atoms with van der Waals surface area (Å²) >= 11 is 0. The average molecular weight is 323 g/mol. The summed E-state index contributed by atoms with van der Waals surface area (Å²) in [7, 11) is 0. The number of hydrogen-bond acceptors (Lipinski definition) is 2. The minimum Gasteiger partial charge on any atom is -0.353 e. The molecule has 1 aromatic rings. The first-order valence-corrected chi connectivity index (χ1v) is 8.19. The van der Waals surface area contributed by atoms with Crippen molar-refractivity contribution in [1.82, 2.24) is 5.32 Å². The van der Waals surface area contributed by atoms with E-state index in [1.165, 1.54) is 5.56 Å². The van der Waals surface area contributed by atoms with Gasteiger partial charge in [-0.2, -0.15) is 0 Å². The van der Waals surface area contributed by atoms with E-state index in [4.69, 9.17) is 5.73 Å². The summed E-state index contributed by atoms with van der Waals surface area (Å²) in [6, 6.07) is 10.9. The van der Waals surface area contributed by atoms with Crippen LogP contribution in [-0.2, 0) is 11.2 Å². The van der Waals surface area contributed by atoms with E-state index < -0.39 is 0 Å². The zero-order chi connectivity index (χ0) is 14.9. The highest BCUT2D eigenvalue weighted by molar-refractivity contribution is 5.85. The van der Waals surface area contributed by atoms with Crippen LogP contribution in [0, 0.1) is 11.8 Å². The molecular weight excluding hydrogens is 296 g/mol. The van der Waals surface area contributed by atoms with Crippen molar-refractivity contribution >= 4 is 18.3 Å². The molecule has 1 amide bonds. The number of carbonyl (C=O) groups excluding carboxylic acids is 1. The first-order chi connectivity index (χ1) is 10.1. The number of amides is 1. The quantitative estimate of drug-likeness (QED) is 0.895. The summed E-state index contributed by atoms with van der Waals surface area (Å²) in [5, 5.41) is 3.23. The Bertz CT molecular complexity index is 503. The standard InChI is InChI=1S/C18H26N2O.ClH/c1-18(19)10-6-5-9-15(18)17(21)20-16-12-14(16)11-13-7-3-2-4-8-13;/h2-4,7-8,14-16H,5-6,9-12,19H2,1H3,(H,20,21);1H. The second-order valence-electron chi connectivity index (χ2n) is 7.10. The molecule has 0 spiro atoms. The van der Waals surface area contributed by atoms with Gasteiger partial charge >= 0.3 is 0 Å². The lowest BCUT2D eigenvalue weighted by molar-refractivity contribution is -0.128. The number of nitrogens with two attached hydrogens (primary N) is 1. The topological polar surface area (TPSA) is 55.1 Å². The van der Waals surface area contributed by atoms with Crippen LogP contribution in [0.5, 0.6) is 0 Å². The van der Waals surface area contributed by atoms with E-state index in [1.807, 2.05) is 13.0 Å². The van der Waals surface area contributed by atoms with Gasteiger partial charge in [0.05, 0.1) is 5.92 Å². The third-order valence-corrected chi connectivity index (χ3v) is 5.16. The third kappa shape index (κ3) is 4.02. The van der Waals surface area contributed by atoms with Gasteiger partial charge in [0.2, 0.25) is 5.91 Å². The summed E-state index contributed by atoms with van der Waals surface area (Å²) in [6.45, 7) is 2.03. The van der Waals surface area contributed by atoms with E-state index in [0.29, 0.717) is 12.0 Å². The molecule has 4 heteroatoms. The Labute approximate surface area is 139 Å². The monoisotopic (exact) mass is 322 g/mol. The molecule has 22 heavy (non-hydrogen) atoms. The van der Waals surface area contributed by atoms with Gasteiger partial charge in [0, 0.05) is 11.6 Å². The van der Waals surface area contributed by atoms with Crippen LogP contribution in [-0.4, -0.2) is 17.5 Å². The maximum atomic E-state index is 12.5. The molecule has 122 valence electrons. The van der Waals surface area contributed by atoms with Crippen molar-refractivity contribution in [2.45, 2.75) is 57.0 Å². The molecule has 0 heterocycles. The Hall–Kier alpha value is -1.06. The molecule has 0 radical (unpaired) electrons. The predicted octanol–water partition coefficient (Wildman–Crippen LogP) is 3.06. The van der Waals surface area contributed by atoms with Crippen molar-refractivity contribution in [2.75, 3.05) is 0 Å². The molecule has 0 aromatic heterocycles. The lowest BCUT2D eigenvalue weighted by Crippen LogP contribution is -2.53. The molecule has 2 saturated carbocycles. The molecule has 3 rings (SSSR count). The number of benzene rings is 1. The minimum absolute atomic E-state index is 0. The largest absolute Gasteiger partial charge is 0.353 e. The highest BCUT2D eigenvalue weighted by atomic mass is 35.5. The van der Waals surface area contributed by atoms with Gasteiger partial charge < -0.3 is 11.1 Å². The Morgan fingerprint density at radius 1 is 1.32 bits per heavy atom. The Morgan fingerprint density at radius 3 is 2.73 bits per heavy atom. The Kier molecular flexibility index (Phi) is 5.51. The Balaban J connectivity index is 0.00000176. The summed E-state index contributed by atoms with van der Waals surface area (Å²) in [5.74, 6) is 0.772. The molecule has 2 aliphatic carbocycles. The molecule has 0 aliphatic heterocycles. The van der Waals surface area contributed by atoms with Crippen LogP contribution in [0.15, 0.2) is 30.3 Å². The van der Waals surface area contributed by atoms with Crippen LogP contribution in [0.2, 0.25) is 0 Å². The molecule has 2 aliphatic rings. The smallest absolute Gasteiger partial charge is 0.225 e. The van der Waals surface area contributed by atoms with Gasteiger partial charge in [-0.15, -0.1) is 12.4 Å². The van der Waals surface area contributed by atoms with E-state index in [1.54, 1.807) is 0 Å². The van der Waals surface area contributed by atoms with Gasteiger partial charge in [0.1, 0.15) is 0 Å². The maximum Gasteiger partial charge on any atom is 0.225 e. The summed E-state index contributed by atoms with van der Waals surface area (Å²) in [6.07, 6.45) is 6.35. The van der Waals surface area contributed by atoms with Gasteiger partial charge in [-0.05, 0) is 44.1 Å². The lowest BCUT2D eigenvalue weighted by atomic mass is 9.74. The van der Waals surface area contributed by atoms with Crippen molar-refractivity contribution in [3.05, 3.63) is 35.9 Å². The fourth-order valence-electron chi connectivity index (χ4n) is 3.64. The maximum absolute atomic E-state index is 12.5. The highest BCUT2D eigenvalue weighted by Crippen LogP contribution is 2.36. The Morgan fingerprint density at radius 2 is 2.05 bits per heavy atom. The second kappa shape index (κ2) is 7.01. The zero-order valence-corrected chi connectivity index (χ0v) is 14.1. The number of rotatable bonds is 4. The zero-order valence-electron chi connectivity index (χ0n) is 13.3. The summed E-state index contributed by atoms with van der Waals surface area (Å²) < 4.78 is 0. The first kappa shape index (κ1) is 17.3. The van der Waals surface area contributed by atoms with Crippen LogP contribution in [0.3, 0.4) is 0 Å².